The minimum absolute atomic E-state index is 0. The predicted molar refractivity (Wildman–Crippen MR) is 135 cm³/mol. The van der Waals surface area contributed by atoms with Crippen molar-refractivity contribution in [2.75, 3.05) is 20.7 Å². The maximum absolute atomic E-state index is 5.23. The molecule has 31 heavy (non-hydrogen) atoms. The van der Waals surface area contributed by atoms with Gasteiger partial charge in [-0.05, 0) is 41.2 Å². The van der Waals surface area contributed by atoms with Crippen LogP contribution in [0.25, 0.3) is 0 Å². The van der Waals surface area contributed by atoms with E-state index in [1.807, 2.05) is 16.8 Å². The summed E-state index contributed by atoms with van der Waals surface area (Å²) in [6.07, 6.45) is 4.29. The molecule has 2 N–H and O–H groups in total. The summed E-state index contributed by atoms with van der Waals surface area (Å²) >= 11 is 0. The summed E-state index contributed by atoms with van der Waals surface area (Å²) in [5.41, 5.74) is 3.70. The Morgan fingerprint density at radius 2 is 1.90 bits per heavy atom. The van der Waals surface area contributed by atoms with Crippen molar-refractivity contribution >= 4 is 29.9 Å². The van der Waals surface area contributed by atoms with Gasteiger partial charge in [-0.15, -0.1) is 24.0 Å². The van der Waals surface area contributed by atoms with Gasteiger partial charge in [0.25, 0.3) is 0 Å². The lowest BCUT2D eigenvalue weighted by molar-refractivity contribution is 0.414. The Labute approximate surface area is 201 Å². The summed E-state index contributed by atoms with van der Waals surface area (Å²) in [5.74, 6) is 2.15. The molecule has 1 atom stereocenters. The van der Waals surface area contributed by atoms with Crippen molar-refractivity contribution in [3.05, 3.63) is 77.9 Å². The van der Waals surface area contributed by atoms with Gasteiger partial charge < -0.3 is 15.4 Å². The minimum Gasteiger partial charge on any atom is -0.497 e. The normalized spacial score (nSPS) is 12.0. The summed E-state index contributed by atoms with van der Waals surface area (Å²) in [6.45, 7) is 4.50. The number of hydrogen-bond acceptors (Lipinski definition) is 4. The number of nitrogens with zero attached hydrogens (tertiary/aromatic N) is 4. The number of methoxy groups -OCH3 is 1. The van der Waals surface area contributed by atoms with Crippen LogP contribution >= 0.6 is 24.0 Å². The average Bonchev–Trinajstić information content (AvgIpc) is 3.29. The first kappa shape index (κ1) is 24.6. The zero-order valence-electron chi connectivity index (χ0n) is 18.3. The predicted octanol–water partition coefficient (Wildman–Crippen LogP) is 3.81. The van der Waals surface area contributed by atoms with Crippen LogP contribution in [0.15, 0.2) is 66.2 Å². The van der Waals surface area contributed by atoms with Gasteiger partial charge in [-0.3, -0.25) is 4.99 Å². The summed E-state index contributed by atoms with van der Waals surface area (Å²) in [6, 6.07) is 16.7. The fraction of sp³-hybridized carbons (Fsp3) is 0.348. The molecule has 0 spiro atoms. The second-order valence-electron chi connectivity index (χ2n) is 7.23. The zero-order chi connectivity index (χ0) is 21.2. The second-order valence-corrected chi connectivity index (χ2v) is 7.23. The maximum atomic E-state index is 5.23. The maximum Gasteiger partial charge on any atom is 0.191 e. The average molecular weight is 534 g/mol. The molecule has 3 rings (SSSR count). The molecule has 7 nitrogen and oxygen atoms in total. The molecule has 3 aromatic rings. The topological polar surface area (TPSA) is 76.4 Å². The molecule has 0 radical (unpaired) electrons. The number of hydrogen-bond donors (Lipinski definition) is 2. The summed E-state index contributed by atoms with van der Waals surface area (Å²) in [5, 5.41) is 11.0. The van der Waals surface area contributed by atoms with Crippen LogP contribution in [-0.2, 0) is 13.1 Å². The number of nitrogens with one attached hydrogen (secondary N) is 2. The van der Waals surface area contributed by atoms with E-state index < -0.39 is 0 Å². The molecule has 8 heteroatoms. The largest absolute Gasteiger partial charge is 0.497 e. The lowest BCUT2D eigenvalue weighted by Crippen LogP contribution is -2.37. The van der Waals surface area contributed by atoms with Gasteiger partial charge in [0.05, 0.1) is 13.7 Å². The summed E-state index contributed by atoms with van der Waals surface area (Å²) < 4.78 is 7.05. The molecule has 0 saturated heterocycles. The van der Waals surface area contributed by atoms with Crippen LogP contribution in [-0.4, -0.2) is 41.4 Å². The first-order chi connectivity index (χ1) is 14.7. The van der Waals surface area contributed by atoms with Gasteiger partial charge >= 0.3 is 0 Å². The lowest BCUT2D eigenvalue weighted by Gasteiger charge is -2.16. The van der Waals surface area contributed by atoms with Crippen LogP contribution < -0.4 is 15.4 Å². The Kier molecular flexibility index (Phi) is 10.3. The summed E-state index contributed by atoms with van der Waals surface area (Å²) in [4.78, 5) is 8.32. The molecule has 1 unspecified atom stereocenters. The monoisotopic (exact) mass is 534 g/mol. The van der Waals surface area contributed by atoms with Crippen molar-refractivity contribution in [3.63, 3.8) is 0 Å². The highest BCUT2D eigenvalue weighted by Gasteiger charge is 2.07. The van der Waals surface area contributed by atoms with Gasteiger partial charge in [0.15, 0.2) is 5.96 Å². The highest BCUT2D eigenvalue weighted by molar-refractivity contribution is 14.0. The van der Waals surface area contributed by atoms with Crippen molar-refractivity contribution in [1.29, 1.82) is 0 Å². The highest BCUT2D eigenvalue weighted by Crippen LogP contribution is 2.21. The van der Waals surface area contributed by atoms with Crippen LogP contribution in [0, 0.1) is 0 Å². The Hall–Kier alpha value is -2.62. The fourth-order valence-corrected chi connectivity index (χ4v) is 3.25. The SMILES string of the molecule is CN=C(NCCC(C)c1ccc(OC)cc1)NCc1cccc(Cn2cncn2)c1.I. The van der Waals surface area contributed by atoms with E-state index in [4.69, 9.17) is 4.74 Å². The van der Waals surface area contributed by atoms with Crippen molar-refractivity contribution in [2.45, 2.75) is 32.4 Å². The molecular formula is C23H31IN6O. The fourth-order valence-electron chi connectivity index (χ4n) is 3.25. The third kappa shape index (κ3) is 7.86. The third-order valence-electron chi connectivity index (χ3n) is 5.04. The van der Waals surface area contributed by atoms with Gasteiger partial charge in [0, 0.05) is 20.1 Å². The third-order valence-corrected chi connectivity index (χ3v) is 5.04. The van der Waals surface area contributed by atoms with Crippen molar-refractivity contribution < 1.29 is 4.74 Å². The molecule has 0 aliphatic carbocycles. The number of aromatic nitrogens is 3. The van der Waals surface area contributed by atoms with Crippen molar-refractivity contribution in [2.24, 2.45) is 4.99 Å². The zero-order valence-corrected chi connectivity index (χ0v) is 20.6. The van der Waals surface area contributed by atoms with E-state index in [0.717, 1.165) is 24.7 Å². The van der Waals surface area contributed by atoms with E-state index in [-0.39, 0.29) is 24.0 Å². The number of halogens is 1. The molecule has 1 aromatic heterocycles. The van der Waals surface area contributed by atoms with Crippen LogP contribution in [0.1, 0.15) is 36.0 Å². The van der Waals surface area contributed by atoms with E-state index >= 15 is 0 Å². The second kappa shape index (κ2) is 12.9. The molecule has 0 bridgehead atoms. The van der Waals surface area contributed by atoms with Crippen molar-refractivity contribution in [1.82, 2.24) is 25.4 Å². The number of guanidine groups is 1. The molecular weight excluding hydrogens is 503 g/mol. The summed E-state index contributed by atoms with van der Waals surface area (Å²) in [7, 11) is 3.48. The Bertz CT molecular complexity index is 928. The lowest BCUT2D eigenvalue weighted by atomic mass is 9.98. The minimum atomic E-state index is 0. The molecule has 2 aromatic carbocycles. The van der Waals surface area contributed by atoms with E-state index in [9.17, 15) is 0 Å². The van der Waals surface area contributed by atoms with Gasteiger partial charge in [-0.2, -0.15) is 5.10 Å². The molecule has 1 heterocycles. The van der Waals surface area contributed by atoms with E-state index in [0.29, 0.717) is 19.0 Å². The van der Waals surface area contributed by atoms with Gasteiger partial charge in [-0.1, -0.05) is 43.3 Å². The van der Waals surface area contributed by atoms with Gasteiger partial charge in [0.1, 0.15) is 18.4 Å². The van der Waals surface area contributed by atoms with E-state index in [2.05, 4.69) is 69.0 Å². The number of aliphatic imine (C=N–C) groups is 1. The van der Waals surface area contributed by atoms with Crippen LogP contribution in [0.5, 0.6) is 5.75 Å². The number of ether oxygens (including phenoxy) is 1. The molecule has 0 amide bonds. The molecule has 0 aliphatic heterocycles. The van der Waals surface area contributed by atoms with Crippen LogP contribution in [0.4, 0.5) is 0 Å². The number of benzene rings is 2. The molecule has 0 fully saturated rings. The quantitative estimate of drug-likeness (QED) is 0.248. The molecule has 166 valence electrons. The van der Waals surface area contributed by atoms with Gasteiger partial charge in [-0.25, -0.2) is 9.67 Å². The van der Waals surface area contributed by atoms with Crippen LogP contribution in [0.2, 0.25) is 0 Å². The first-order valence-corrected chi connectivity index (χ1v) is 10.2. The van der Waals surface area contributed by atoms with Crippen LogP contribution in [0.3, 0.4) is 0 Å². The smallest absolute Gasteiger partial charge is 0.191 e. The van der Waals surface area contributed by atoms with Crippen molar-refractivity contribution in [3.8, 4) is 5.75 Å². The molecule has 0 saturated carbocycles. The first-order valence-electron chi connectivity index (χ1n) is 10.2. The standard InChI is InChI=1S/C23H30N6O.HI/c1-18(21-7-9-22(30-3)10-8-21)11-12-26-23(24-2)27-14-19-5-4-6-20(13-19)15-29-17-25-16-28-29;/h4-10,13,16-18H,11-12,14-15H2,1-3H3,(H2,24,26,27);1H. The highest BCUT2D eigenvalue weighted by atomic mass is 127. The Morgan fingerprint density at radius 3 is 2.58 bits per heavy atom. The Morgan fingerprint density at radius 1 is 1.13 bits per heavy atom. The van der Waals surface area contributed by atoms with E-state index in [1.54, 1.807) is 26.8 Å². The molecule has 0 aliphatic rings. The number of rotatable bonds is 9. The van der Waals surface area contributed by atoms with Gasteiger partial charge in [0.2, 0.25) is 0 Å². The van der Waals surface area contributed by atoms with E-state index in [1.165, 1.54) is 16.7 Å². The Balaban J connectivity index is 0.00000341.